The summed E-state index contributed by atoms with van der Waals surface area (Å²) in [6.07, 6.45) is 5.99. The van der Waals surface area contributed by atoms with Crippen LogP contribution in [0.25, 0.3) is 0 Å². The summed E-state index contributed by atoms with van der Waals surface area (Å²) in [5, 5.41) is 2.39. The van der Waals surface area contributed by atoms with Gasteiger partial charge in [-0.15, -0.1) is 0 Å². The van der Waals surface area contributed by atoms with Gasteiger partial charge in [-0.25, -0.2) is 0 Å². The van der Waals surface area contributed by atoms with E-state index in [2.05, 4.69) is 56.4 Å². The molecule has 5 heterocycles. The van der Waals surface area contributed by atoms with E-state index in [-0.39, 0.29) is 24.1 Å². The quantitative estimate of drug-likeness (QED) is 0.567. The zero-order valence-electron chi connectivity index (χ0n) is 24.1. The zero-order valence-corrected chi connectivity index (χ0v) is 24.1. The van der Waals surface area contributed by atoms with Gasteiger partial charge in [0.05, 0.1) is 11.7 Å². The highest BCUT2D eigenvalue weighted by molar-refractivity contribution is 6.05. The van der Waals surface area contributed by atoms with Crippen LogP contribution in [0, 0.1) is 11.3 Å². The lowest BCUT2D eigenvalue weighted by Crippen LogP contribution is -2.59. The summed E-state index contributed by atoms with van der Waals surface area (Å²) >= 11 is 0. The van der Waals surface area contributed by atoms with Crippen molar-refractivity contribution in [3.63, 3.8) is 0 Å². The summed E-state index contributed by atoms with van der Waals surface area (Å²) in [4.78, 5) is 46.6. The monoisotopic (exact) mass is 569 g/mol. The van der Waals surface area contributed by atoms with E-state index in [1.807, 2.05) is 6.07 Å². The number of imide groups is 1. The summed E-state index contributed by atoms with van der Waals surface area (Å²) in [7, 11) is 0. The summed E-state index contributed by atoms with van der Waals surface area (Å²) in [5.41, 5.74) is 4.51. The van der Waals surface area contributed by atoms with Crippen molar-refractivity contribution in [2.75, 3.05) is 55.7 Å². The maximum atomic E-state index is 13.3. The SMILES string of the molecule is O=C1CCC(N2Cc3cc4c(cc3C2=O)OCC2CN(CC3CCC5(CC3)CN(c3ccccc3)C5)CCN42)C(=O)N1. The first kappa shape index (κ1) is 26.1. The number of anilines is 2. The van der Waals surface area contributed by atoms with Crippen LogP contribution in [0.15, 0.2) is 42.5 Å². The van der Waals surface area contributed by atoms with Crippen molar-refractivity contribution >= 4 is 29.1 Å². The maximum absolute atomic E-state index is 13.3. The number of hydrogen-bond acceptors (Lipinski definition) is 7. The molecule has 2 aromatic rings. The van der Waals surface area contributed by atoms with Crippen molar-refractivity contribution in [1.82, 2.24) is 15.1 Å². The van der Waals surface area contributed by atoms with Crippen LogP contribution < -0.4 is 19.9 Å². The normalized spacial score (nSPS) is 27.2. The topological polar surface area (TPSA) is 85.4 Å². The second kappa shape index (κ2) is 10.0. The number of piperazine rings is 1. The Kier molecular flexibility index (Phi) is 6.21. The van der Waals surface area contributed by atoms with Gasteiger partial charge in [-0.3, -0.25) is 24.6 Å². The van der Waals surface area contributed by atoms with E-state index in [4.69, 9.17) is 4.74 Å². The first-order chi connectivity index (χ1) is 20.4. The van der Waals surface area contributed by atoms with E-state index in [0.29, 0.717) is 36.6 Å². The maximum Gasteiger partial charge on any atom is 0.255 e. The van der Waals surface area contributed by atoms with Gasteiger partial charge < -0.3 is 19.4 Å². The van der Waals surface area contributed by atoms with Crippen LogP contribution in [-0.2, 0) is 16.1 Å². The summed E-state index contributed by atoms with van der Waals surface area (Å²) in [6.45, 7) is 7.60. The minimum absolute atomic E-state index is 0.151. The number of carbonyl (C=O) groups is 3. The molecule has 3 amide bonds. The Hall–Kier alpha value is -3.59. The highest BCUT2D eigenvalue weighted by atomic mass is 16.5. The molecule has 5 aliphatic heterocycles. The molecule has 1 aliphatic carbocycles. The van der Waals surface area contributed by atoms with Gasteiger partial charge >= 0.3 is 0 Å². The van der Waals surface area contributed by atoms with Gasteiger partial charge in [-0.2, -0.15) is 0 Å². The minimum atomic E-state index is -0.599. The molecule has 8 rings (SSSR count). The van der Waals surface area contributed by atoms with E-state index in [0.717, 1.165) is 42.6 Å². The molecule has 1 saturated carbocycles. The zero-order chi connectivity index (χ0) is 28.4. The van der Waals surface area contributed by atoms with Crippen molar-refractivity contribution in [3.8, 4) is 5.75 Å². The third kappa shape index (κ3) is 4.44. The van der Waals surface area contributed by atoms with Crippen LogP contribution in [0.2, 0.25) is 0 Å². The Morgan fingerprint density at radius 2 is 1.76 bits per heavy atom. The number of para-hydroxylation sites is 1. The van der Waals surface area contributed by atoms with Crippen molar-refractivity contribution in [2.45, 2.75) is 57.2 Å². The van der Waals surface area contributed by atoms with Crippen LogP contribution >= 0.6 is 0 Å². The van der Waals surface area contributed by atoms with Crippen LogP contribution in [0.3, 0.4) is 0 Å². The predicted molar refractivity (Wildman–Crippen MR) is 159 cm³/mol. The number of fused-ring (bicyclic) bond motifs is 4. The fourth-order valence-corrected chi connectivity index (χ4v) is 8.39. The number of carbonyl (C=O) groups excluding carboxylic acids is 3. The number of benzene rings is 2. The van der Waals surface area contributed by atoms with Gasteiger partial charge in [0.2, 0.25) is 11.8 Å². The first-order valence-corrected chi connectivity index (χ1v) is 15.7. The molecule has 0 bridgehead atoms. The van der Waals surface area contributed by atoms with Gasteiger partial charge in [0.1, 0.15) is 18.4 Å². The lowest BCUT2D eigenvalue weighted by Gasteiger charge is -2.55. The molecule has 9 heteroatoms. The molecule has 1 N–H and O–H groups in total. The molecule has 1 spiro atoms. The Morgan fingerprint density at radius 1 is 0.952 bits per heavy atom. The number of nitrogens with zero attached hydrogens (tertiary/aromatic N) is 4. The largest absolute Gasteiger partial charge is 0.489 e. The number of hydrogen-bond donors (Lipinski definition) is 1. The first-order valence-electron chi connectivity index (χ1n) is 15.7. The Balaban J connectivity index is 0.873. The molecule has 0 radical (unpaired) electrons. The third-order valence-electron chi connectivity index (χ3n) is 10.8. The molecule has 3 saturated heterocycles. The molecular weight excluding hydrogens is 530 g/mol. The number of rotatable bonds is 4. The van der Waals surface area contributed by atoms with E-state index >= 15 is 0 Å². The molecule has 0 aromatic heterocycles. The second-order valence-electron chi connectivity index (χ2n) is 13.4. The molecule has 220 valence electrons. The van der Waals surface area contributed by atoms with E-state index in [9.17, 15) is 14.4 Å². The van der Waals surface area contributed by atoms with E-state index in [1.165, 1.54) is 51.0 Å². The number of nitrogens with one attached hydrogen (secondary N) is 1. The molecule has 2 atom stereocenters. The molecule has 4 fully saturated rings. The van der Waals surface area contributed by atoms with Crippen LogP contribution in [0.1, 0.15) is 54.4 Å². The van der Waals surface area contributed by atoms with E-state index < -0.39 is 6.04 Å². The second-order valence-corrected chi connectivity index (χ2v) is 13.4. The van der Waals surface area contributed by atoms with Crippen molar-refractivity contribution in [1.29, 1.82) is 0 Å². The molecule has 6 aliphatic rings. The summed E-state index contributed by atoms with van der Waals surface area (Å²) in [5.74, 6) is 0.744. The fourth-order valence-electron chi connectivity index (χ4n) is 8.39. The number of piperidine rings is 1. The average Bonchev–Trinajstić information content (AvgIpc) is 3.30. The fraction of sp³-hybridized carbons (Fsp3) is 0.545. The van der Waals surface area contributed by atoms with Gasteiger partial charge in [0.15, 0.2) is 0 Å². The smallest absolute Gasteiger partial charge is 0.255 e. The minimum Gasteiger partial charge on any atom is -0.489 e. The molecule has 2 aromatic carbocycles. The highest BCUT2D eigenvalue weighted by Gasteiger charge is 2.46. The van der Waals surface area contributed by atoms with Crippen LogP contribution in [0.5, 0.6) is 5.75 Å². The lowest BCUT2D eigenvalue weighted by molar-refractivity contribution is -0.136. The van der Waals surface area contributed by atoms with Crippen LogP contribution in [0.4, 0.5) is 11.4 Å². The van der Waals surface area contributed by atoms with Gasteiger partial charge in [0, 0.05) is 68.9 Å². The van der Waals surface area contributed by atoms with Gasteiger partial charge in [-0.1, -0.05) is 18.2 Å². The van der Waals surface area contributed by atoms with Crippen molar-refractivity contribution < 1.29 is 19.1 Å². The number of amides is 3. The lowest BCUT2D eigenvalue weighted by atomic mass is 9.65. The Labute approximate surface area is 246 Å². The highest BCUT2D eigenvalue weighted by Crippen LogP contribution is 2.47. The Bertz CT molecular complexity index is 1410. The molecule has 9 nitrogen and oxygen atoms in total. The predicted octanol–water partition coefficient (Wildman–Crippen LogP) is 3.03. The number of ether oxygens (including phenoxy) is 1. The molecule has 42 heavy (non-hydrogen) atoms. The average molecular weight is 570 g/mol. The Morgan fingerprint density at radius 3 is 2.55 bits per heavy atom. The standard InChI is InChI=1S/C33H39N5O4/c39-30-7-6-27(31(40)34-30)38-17-23-14-28-29(15-26(23)32(38)41)42-19-25-18-35(12-13-37(25)28)16-22-8-10-33(11-9-22)20-36(21-33)24-4-2-1-3-5-24/h1-5,14-15,22,25,27H,6-13,16-21H2,(H,34,39,40). The molecule has 2 unspecified atom stereocenters. The summed E-state index contributed by atoms with van der Waals surface area (Å²) < 4.78 is 6.25. The van der Waals surface area contributed by atoms with Crippen LogP contribution in [-0.4, -0.2) is 85.5 Å². The third-order valence-corrected chi connectivity index (χ3v) is 10.8. The van der Waals surface area contributed by atoms with E-state index in [1.54, 1.807) is 4.90 Å². The van der Waals surface area contributed by atoms with Crippen molar-refractivity contribution in [3.05, 3.63) is 53.6 Å². The van der Waals surface area contributed by atoms with Gasteiger partial charge in [-0.05, 0) is 67.9 Å². The van der Waals surface area contributed by atoms with Crippen molar-refractivity contribution in [2.24, 2.45) is 11.3 Å². The summed E-state index contributed by atoms with van der Waals surface area (Å²) in [6, 6.07) is 14.5. The molecular formula is C33H39N5O4. The van der Waals surface area contributed by atoms with Gasteiger partial charge in [0.25, 0.3) is 5.91 Å².